The zero-order chi connectivity index (χ0) is 25.6. The number of methoxy groups -OCH3 is 1. The van der Waals surface area contributed by atoms with Crippen LogP contribution in [0, 0.1) is 34.6 Å². The van der Waals surface area contributed by atoms with Crippen LogP contribution in [0.3, 0.4) is 0 Å². The maximum atomic E-state index is 13.7. The Bertz CT molecular complexity index is 1440. The molecule has 1 amide bonds. The molecule has 35 heavy (non-hydrogen) atoms. The fourth-order valence-corrected chi connectivity index (χ4v) is 4.90. The standard InChI is InChI=1S/C29H29ClN2O3/c1-16-8-11-26(18(3)12-16)31-19(4)13-22(20(31)5)14-24-27(29(34)35-7)21(6)32(28(24)33)23-10-9-17(2)25(30)15-23/h8-15H,1-7H3/b24-14-. The second kappa shape index (κ2) is 9.23. The van der Waals surface area contributed by atoms with Crippen LogP contribution in [0.2, 0.25) is 5.02 Å². The fraction of sp³-hybridized carbons (Fsp3) is 0.241. The van der Waals surface area contributed by atoms with E-state index in [2.05, 4.69) is 36.6 Å². The number of hydrogen-bond donors (Lipinski definition) is 0. The fourth-order valence-electron chi connectivity index (χ4n) is 4.73. The molecule has 0 bridgehead atoms. The number of aryl methyl sites for hydroxylation is 4. The van der Waals surface area contributed by atoms with Gasteiger partial charge in [-0.15, -0.1) is 0 Å². The summed E-state index contributed by atoms with van der Waals surface area (Å²) in [5.74, 6) is -0.842. The highest BCUT2D eigenvalue weighted by atomic mass is 35.5. The average molecular weight is 489 g/mol. The van der Waals surface area contributed by atoms with Crippen molar-refractivity contribution in [3.8, 4) is 5.69 Å². The number of aromatic nitrogens is 1. The second-order valence-electron chi connectivity index (χ2n) is 9.04. The summed E-state index contributed by atoms with van der Waals surface area (Å²) < 4.78 is 7.23. The number of hydrogen-bond acceptors (Lipinski definition) is 3. The quantitative estimate of drug-likeness (QED) is 0.309. The molecule has 0 aliphatic carbocycles. The number of ether oxygens (including phenoxy) is 1. The van der Waals surface area contributed by atoms with Gasteiger partial charge in [-0.1, -0.05) is 35.4 Å². The summed E-state index contributed by atoms with van der Waals surface area (Å²) in [6.45, 7) is 11.9. The zero-order valence-corrected chi connectivity index (χ0v) is 21.9. The summed E-state index contributed by atoms with van der Waals surface area (Å²) >= 11 is 6.34. The molecule has 0 atom stereocenters. The number of amides is 1. The molecular formula is C29H29ClN2O3. The van der Waals surface area contributed by atoms with Crippen LogP contribution in [-0.4, -0.2) is 23.6 Å². The van der Waals surface area contributed by atoms with Gasteiger partial charge >= 0.3 is 5.97 Å². The molecule has 6 heteroatoms. The SMILES string of the molecule is COC(=O)C1=C(C)N(c2ccc(C)c(Cl)c2)C(=O)/C1=C\c1cc(C)n(-c2ccc(C)cc2C)c1C. The molecule has 3 aromatic rings. The molecule has 0 saturated heterocycles. The van der Waals surface area contributed by atoms with Gasteiger partial charge in [0, 0.05) is 27.8 Å². The Morgan fingerprint density at radius 1 is 0.943 bits per heavy atom. The minimum absolute atomic E-state index is 0.255. The predicted molar refractivity (Wildman–Crippen MR) is 141 cm³/mol. The van der Waals surface area contributed by atoms with E-state index in [1.54, 1.807) is 19.1 Å². The number of nitrogens with zero attached hydrogens (tertiary/aromatic N) is 2. The maximum absolute atomic E-state index is 13.7. The van der Waals surface area contributed by atoms with Gasteiger partial charge in [0.1, 0.15) is 0 Å². The third-order valence-corrected chi connectivity index (χ3v) is 6.97. The molecule has 1 aliphatic rings. The summed E-state index contributed by atoms with van der Waals surface area (Å²) in [5.41, 5.74) is 8.91. The second-order valence-corrected chi connectivity index (χ2v) is 9.44. The van der Waals surface area contributed by atoms with Crippen LogP contribution in [0.25, 0.3) is 11.8 Å². The molecule has 0 unspecified atom stereocenters. The first-order valence-corrected chi connectivity index (χ1v) is 11.8. The summed E-state index contributed by atoms with van der Waals surface area (Å²) in [4.78, 5) is 28.0. The zero-order valence-electron chi connectivity index (χ0n) is 21.1. The third kappa shape index (κ3) is 4.21. The van der Waals surface area contributed by atoms with Gasteiger partial charge in [-0.05, 0) is 88.6 Å². The molecule has 0 saturated carbocycles. The van der Waals surface area contributed by atoms with Crippen LogP contribution in [0.5, 0.6) is 0 Å². The smallest absolute Gasteiger partial charge is 0.340 e. The van der Waals surface area contributed by atoms with E-state index >= 15 is 0 Å². The number of carbonyl (C=O) groups excluding carboxylic acids is 2. The van der Waals surface area contributed by atoms with Gasteiger partial charge in [-0.25, -0.2) is 4.79 Å². The van der Waals surface area contributed by atoms with Crippen molar-refractivity contribution in [2.45, 2.75) is 41.5 Å². The molecule has 2 aromatic carbocycles. The Balaban J connectivity index is 1.86. The summed E-state index contributed by atoms with van der Waals surface area (Å²) in [6, 6.07) is 13.8. The van der Waals surface area contributed by atoms with Gasteiger partial charge in [0.25, 0.3) is 5.91 Å². The molecule has 0 spiro atoms. The van der Waals surface area contributed by atoms with Crippen molar-refractivity contribution < 1.29 is 14.3 Å². The van der Waals surface area contributed by atoms with Crippen LogP contribution >= 0.6 is 11.6 Å². The highest BCUT2D eigenvalue weighted by Gasteiger charge is 2.38. The largest absolute Gasteiger partial charge is 0.465 e. The first kappa shape index (κ1) is 24.6. The lowest BCUT2D eigenvalue weighted by molar-refractivity contribution is -0.136. The Morgan fingerprint density at radius 3 is 2.29 bits per heavy atom. The van der Waals surface area contributed by atoms with Gasteiger partial charge in [-0.3, -0.25) is 9.69 Å². The van der Waals surface area contributed by atoms with Crippen LogP contribution in [0.4, 0.5) is 5.69 Å². The van der Waals surface area contributed by atoms with Gasteiger partial charge < -0.3 is 9.30 Å². The summed E-state index contributed by atoms with van der Waals surface area (Å²) in [6.07, 6.45) is 1.79. The Kier molecular flexibility index (Phi) is 6.48. The highest BCUT2D eigenvalue weighted by Crippen LogP contribution is 2.37. The van der Waals surface area contributed by atoms with Crippen molar-refractivity contribution in [2.75, 3.05) is 12.0 Å². The van der Waals surface area contributed by atoms with Crippen molar-refractivity contribution in [1.29, 1.82) is 0 Å². The van der Waals surface area contributed by atoms with Crippen LogP contribution in [0.15, 0.2) is 59.3 Å². The van der Waals surface area contributed by atoms with E-state index in [4.69, 9.17) is 16.3 Å². The molecular weight excluding hydrogens is 460 g/mol. The third-order valence-electron chi connectivity index (χ3n) is 6.57. The molecule has 5 nitrogen and oxygen atoms in total. The number of anilines is 1. The molecule has 0 N–H and O–H groups in total. The van der Waals surface area contributed by atoms with E-state index in [1.807, 2.05) is 39.0 Å². The van der Waals surface area contributed by atoms with Gasteiger partial charge in [0.2, 0.25) is 0 Å². The Labute approximate surface area is 211 Å². The Morgan fingerprint density at radius 2 is 1.66 bits per heavy atom. The van der Waals surface area contributed by atoms with Gasteiger partial charge in [0.15, 0.2) is 0 Å². The molecule has 0 fully saturated rings. The number of allylic oxidation sites excluding steroid dienone is 1. The normalized spacial score (nSPS) is 14.9. The van der Waals surface area contributed by atoms with E-state index in [0.717, 1.165) is 33.8 Å². The van der Waals surface area contributed by atoms with Gasteiger partial charge in [-0.2, -0.15) is 0 Å². The molecule has 180 valence electrons. The minimum atomic E-state index is -0.550. The van der Waals surface area contributed by atoms with E-state index in [0.29, 0.717) is 22.0 Å². The van der Waals surface area contributed by atoms with Crippen molar-refractivity contribution >= 4 is 35.2 Å². The number of benzene rings is 2. The van der Waals surface area contributed by atoms with Gasteiger partial charge in [0.05, 0.1) is 23.9 Å². The maximum Gasteiger partial charge on any atom is 0.340 e. The molecule has 4 rings (SSSR count). The lowest BCUT2D eigenvalue weighted by Crippen LogP contribution is -2.24. The van der Waals surface area contributed by atoms with E-state index < -0.39 is 5.97 Å². The number of carbonyl (C=O) groups is 2. The van der Waals surface area contributed by atoms with Crippen molar-refractivity contribution in [1.82, 2.24) is 4.57 Å². The van der Waals surface area contributed by atoms with E-state index in [9.17, 15) is 9.59 Å². The van der Waals surface area contributed by atoms with Crippen molar-refractivity contribution in [3.63, 3.8) is 0 Å². The number of esters is 1. The first-order chi connectivity index (χ1) is 16.5. The van der Waals surface area contributed by atoms with E-state index in [1.165, 1.54) is 17.6 Å². The monoisotopic (exact) mass is 488 g/mol. The lowest BCUT2D eigenvalue weighted by Gasteiger charge is -2.18. The Hall–Kier alpha value is -3.57. The lowest BCUT2D eigenvalue weighted by atomic mass is 10.0. The topological polar surface area (TPSA) is 51.5 Å². The molecule has 0 radical (unpaired) electrons. The summed E-state index contributed by atoms with van der Waals surface area (Å²) in [7, 11) is 1.32. The van der Waals surface area contributed by atoms with Crippen LogP contribution in [-0.2, 0) is 14.3 Å². The molecule has 1 aliphatic heterocycles. The number of rotatable bonds is 4. The minimum Gasteiger partial charge on any atom is -0.465 e. The highest BCUT2D eigenvalue weighted by molar-refractivity contribution is 6.32. The van der Waals surface area contributed by atoms with Crippen molar-refractivity contribution in [3.05, 3.63) is 98.0 Å². The van der Waals surface area contributed by atoms with Crippen LogP contribution in [0.1, 0.15) is 40.6 Å². The number of halogens is 1. The summed E-state index contributed by atoms with van der Waals surface area (Å²) in [5, 5.41) is 0.553. The van der Waals surface area contributed by atoms with Crippen LogP contribution < -0.4 is 4.90 Å². The van der Waals surface area contributed by atoms with E-state index in [-0.39, 0.29) is 11.5 Å². The first-order valence-electron chi connectivity index (χ1n) is 11.4. The molecule has 1 aromatic heterocycles. The average Bonchev–Trinajstić information content (AvgIpc) is 3.21. The van der Waals surface area contributed by atoms with Crippen molar-refractivity contribution in [2.24, 2.45) is 0 Å². The predicted octanol–water partition coefficient (Wildman–Crippen LogP) is 6.55. The molecule has 2 heterocycles.